The van der Waals surface area contributed by atoms with Crippen molar-refractivity contribution in [3.63, 3.8) is 0 Å². The first kappa shape index (κ1) is 22.1. The number of carbonyl (C=O) groups is 1. The number of ether oxygens (including phenoxy) is 1. The Labute approximate surface area is 181 Å². The van der Waals surface area contributed by atoms with Crippen LogP contribution in [0.5, 0.6) is 0 Å². The van der Waals surface area contributed by atoms with Crippen LogP contribution in [0.15, 0.2) is 40.3 Å². The van der Waals surface area contributed by atoms with Gasteiger partial charge in [-0.3, -0.25) is 9.59 Å². The van der Waals surface area contributed by atoms with Gasteiger partial charge >= 0.3 is 5.97 Å². The van der Waals surface area contributed by atoms with Gasteiger partial charge in [0.05, 0.1) is 11.4 Å². The van der Waals surface area contributed by atoms with E-state index in [2.05, 4.69) is 30.7 Å². The maximum absolute atomic E-state index is 12.5. The van der Waals surface area contributed by atoms with E-state index in [1.807, 2.05) is 24.3 Å². The molecule has 30 heavy (non-hydrogen) atoms. The molecule has 0 bridgehead atoms. The zero-order chi connectivity index (χ0) is 21.7. The second kappa shape index (κ2) is 9.94. The molecule has 2 aromatic rings. The van der Waals surface area contributed by atoms with E-state index in [0.29, 0.717) is 34.2 Å². The number of hydrogen-bond donors (Lipinski definition) is 1. The zero-order valence-corrected chi connectivity index (χ0v) is 18.4. The summed E-state index contributed by atoms with van der Waals surface area (Å²) in [5.74, 6) is 1.15. The van der Waals surface area contributed by atoms with Gasteiger partial charge in [-0.2, -0.15) is 5.26 Å². The number of carbonyl (C=O) groups excluding carboxylic acids is 1. The molecular formula is C23H27N3O3S. The summed E-state index contributed by atoms with van der Waals surface area (Å²) in [5, 5.41) is 9.65. The molecule has 1 N–H and O–H groups in total. The van der Waals surface area contributed by atoms with E-state index in [9.17, 15) is 14.9 Å². The van der Waals surface area contributed by atoms with Gasteiger partial charge < -0.3 is 9.72 Å². The van der Waals surface area contributed by atoms with Crippen molar-refractivity contribution in [3.05, 3.63) is 46.2 Å². The number of nitrogens with zero attached hydrogens (tertiary/aromatic N) is 2. The Morgan fingerprint density at radius 1 is 1.33 bits per heavy atom. The van der Waals surface area contributed by atoms with Crippen molar-refractivity contribution >= 4 is 17.7 Å². The topological polar surface area (TPSA) is 95.8 Å². The molecule has 1 aliphatic rings. The predicted octanol–water partition coefficient (Wildman–Crippen LogP) is 4.40. The third-order valence-corrected chi connectivity index (χ3v) is 6.47. The van der Waals surface area contributed by atoms with Crippen molar-refractivity contribution in [2.24, 2.45) is 17.8 Å². The monoisotopic (exact) mass is 425 g/mol. The number of nitrogens with one attached hydrogen (secondary N) is 1. The molecule has 0 amide bonds. The summed E-state index contributed by atoms with van der Waals surface area (Å²) in [4.78, 5) is 31.9. The Balaban J connectivity index is 1.71. The molecule has 3 rings (SSSR count). The molecule has 6 nitrogen and oxygen atoms in total. The number of aromatic amines is 1. The van der Waals surface area contributed by atoms with Gasteiger partial charge in [-0.25, -0.2) is 4.98 Å². The molecular weight excluding hydrogens is 398 g/mol. The molecule has 1 fully saturated rings. The average molecular weight is 426 g/mol. The van der Waals surface area contributed by atoms with Gasteiger partial charge in [0, 0.05) is 5.56 Å². The van der Waals surface area contributed by atoms with Crippen molar-refractivity contribution < 1.29 is 9.53 Å². The Bertz CT molecular complexity index is 981. The summed E-state index contributed by atoms with van der Waals surface area (Å²) in [5.41, 5.74) is 0.450. The normalized spacial score (nSPS) is 21.2. The molecule has 0 aliphatic heterocycles. The molecule has 1 aromatic carbocycles. The first-order valence-corrected chi connectivity index (χ1v) is 11.3. The van der Waals surface area contributed by atoms with Crippen LogP contribution in [-0.4, -0.2) is 27.8 Å². The minimum absolute atomic E-state index is 0.0379. The van der Waals surface area contributed by atoms with Gasteiger partial charge in [0.2, 0.25) is 0 Å². The maximum atomic E-state index is 12.5. The third-order valence-electron chi connectivity index (χ3n) is 5.63. The highest BCUT2D eigenvalue weighted by molar-refractivity contribution is 7.99. The first-order valence-electron chi connectivity index (χ1n) is 10.3. The number of thioether (sulfide) groups is 1. The number of aromatic nitrogens is 2. The number of nitriles is 1. The SMILES string of the molecule is CC1CCC(C(C)C)C(OC(=O)CSc2nc(-c3ccccc3)c(C#N)c(=O)[nH]2)C1. The quantitative estimate of drug-likeness (QED) is 0.418. The lowest BCUT2D eigenvalue weighted by atomic mass is 9.75. The van der Waals surface area contributed by atoms with E-state index in [4.69, 9.17) is 4.74 Å². The zero-order valence-electron chi connectivity index (χ0n) is 17.6. The minimum atomic E-state index is -0.511. The van der Waals surface area contributed by atoms with Crippen LogP contribution in [0.4, 0.5) is 0 Å². The molecule has 0 saturated heterocycles. The number of esters is 1. The van der Waals surface area contributed by atoms with Crippen molar-refractivity contribution in [2.45, 2.75) is 51.3 Å². The van der Waals surface area contributed by atoms with Gasteiger partial charge in [-0.15, -0.1) is 0 Å². The second-order valence-electron chi connectivity index (χ2n) is 8.22. The fourth-order valence-electron chi connectivity index (χ4n) is 4.01. The van der Waals surface area contributed by atoms with Crippen molar-refractivity contribution in [1.29, 1.82) is 5.26 Å². The van der Waals surface area contributed by atoms with E-state index >= 15 is 0 Å². The molecule has 0 spiro atoms. The first-order chi connectivity index (χ1) is 14.4. The lowest BCUT2D eigenvalue weighted by Crippen LogP contribution is -2.36. The number of H-pyrrole nitrogens is 1. The summed E-state index contributed by atoms with van der Waals surface area (Å²) in [6.07, 6.45) is 3.08. The van der Waals surface area contributed by atoms with Crippen LogP contribution in [0, 0.1) is 29.1 Å². The third kappa shape index (κ3) is 5.31. The van der Waals surface area contributed by atoms with Gasteiger partial charge in [-0.05, 0) is 30.6 Å². The van der Waals surface area contributed by atoms with E-state index in [-0.39, 0.29) is 23.4 Å². The molecule has 1 saturated carbocycles. The van der Waals surface area contributed by atoms with E-state index in [0.717, 1.165) is 24.6 Å². The Morgan fingerprint density at radius 3 is 2.73 bits per heavy atom. The molecule has 0 radical (unpaired) electrons. The summed E-state index contributed by atoms with van der Waals surface area (Å²) in [6.45, 7) is 6.54. The van der Waals surface area contributed by atoms with Gasteiger partial charge in [0.15, 0.2) is 5.16 Å². The van der Waals surface area contributed by atoms with E-state index < -0.39 is 5.56 Å². The molecule has 7 heteroatoms. The van der Waals surface area contributed by atoms with Crippen LogP contribution in [0.3, 0.4) is 0 Å². The smallest absolute Gasteiger partial charge is 0.316 e. The van der Waals surface area contributed by atoms with Crippen LogP contribution in [0.1, 0.15) is 45.6 Å². The average Bonchev–Trinajstić information content (AvgIpc) is 2.72. The van der Waals surface area contributed by atoms with Crippen molar-refractivity contribution in [2.75, 3.05) is 5.75 Å². The summed E-state index contributed by atoms with van der Waals surface area (Å²) in [6, 6.07) is 11.0. The highest BCUT2D eigenvalue weighted by atomic mass is 32.2. The molecule has 1 heterocycles. The van der Waals surface area contributed by atoms with Gasteiger partial charge in [0.1, 0.15) is 17.7 Å². The highest BCUT2D eigenvalue weighted by Gasteiger charge is 2.33. The molecule has 158 valence electrons. The number of rotatable bonds is 6. The molecule has 3 atom stereocenters. The predicted molar refractivity (Wildman–Crippen MR) is 117 cm³/mol. The Hall–Kier alpha value is -2.59. The summed E-state index contributed by atoms with van der Waals surface area (Å²) in [7, 11) is 0. The fraction of sp³-hybridized carbons (Fsp3) is 0.478. The number of benzene rings is 1. The fourth-order valence-corrected chi connectivity index (χ4v) is 4.65. The van der Waals surface area contributed by atoms with Crippen LogP contribution < -0.4 is 5.56 Å². The second-order valence-corrected chi connectivity index (χ2v) is 9.18. The van der Waals surface area contributed by atoms with Crippen molar-refractivity contribution in [3.8, 4) is 17.3 Å². The molecule has 1 aromatic heterocycles. The van der Waals surface area contributed by atoms with E-state index in [1.54, 1.807) is 12.1 Å². The van der Waals surface area contributed by atoms with Crippen LogP contribution in [-0.2, 0) is 9.53 Å². The Morgan fingerprint density at radius 2 is 2.07 bits per heavy atom. The van der Waals surface area contributed by atoms with Crippen LogP contribution >= 0.6 is 11.8 Å². The maximum Gasteiger partial charge on any atom is 0.316 e. The lowest BCUT2D eigenvalue weighted by molar-refractivity contribution is -0.152. The minimum Gasteiger partial charge on any atom is -0.461 e. The van der Waals surface area contributed by atoms with Gasteiger partial charge in [-0.1, -0.05) is 69.3 Å². The highest BCUT2D eigenvalue weighted by Crippen LogP contribution is 2.35. The standard InChI is InChI=1S/C23H27N3O3S/c1-14(2)17-10-9-15(3)11-19(17)29-20(27)13-30-23-25-21(16-7-5-4-6-8-16)18(12-24)22(28)26-23/h4-8,14-15,17,19H,9-11,13H2,1-3H3,(H,25,26,28). The summed E-state index contributed by atoms with van der Waals surface area (Å²) < 4.78 is 5.82. The largest absolute Gasteiger partial charge is 0.461 e. The van der Waals surface area contributed by atoms with Gasteiger partial charge in [0.25, 0.3) is 5.56 Å². The Kier molecular flexibility index (Phi) is 7.33. The molecule has 1 aliphatic carbocycles. The van der Waals surface area contributed by atoms with Crippen LogP contribution in [0.2, 0.25) is 0 Å². The number of hydrogen-bond acceptors (Lipinski definition) is 6. The lowest BCUT2D eigenvalue weighted by Gasteiger charge is -2.36. The summed E-state index contributed by atoms with van der Waals surface area (Å²) >= 11 is 1.12. The van der Waals surface area contributed by atoms with Crippen molar-refractivity contribution in [1.82, 2.24) is 9.97 Å². The van der Waals surface area contributed by atoms with Crippen LogP contribution in [0.25, 0.3) is 11.3 Å². The van der Waals surface area contributed by atoms with E-state index in [1.165, 1.54) is 6.42 Å². The molecule has 3 unspecified atom stereocenters.